The van der Waals surface area contributed by atoms with Crippen molar-refractivity contribution in [2.24, 2.45) is 4.99 Å². The molecule has 1 aromatic rings. The summed E-state index contributed by atoms with van der Waals surface area (Å²) in [6.07, 6.45) is 4.81. The van der Waals surface area contributed by atoms with Gasteiger partial charge in [-0.05, 0) is 18.4 Å². The fourth-order valence-electron chi connectivity index (χ4n) is 2.84. The summed E-state index contributed by atoms with van der Waals surface area (Å²) in [6.45, 7) is 0.488. The van der Waals surface area contributed by atoms with Crippen LogP contribution in [0.2, 0.25) is 0 Å². The van der Waals surface area contributed by atoms with Gasteiger partial charge in [-0.3, -0.25) is 14.6 Å². The molecule has 1 aromatic carbocycles. The van der Waals surface area contributed by atoms with Crippen LogP contribution < -0.4 is 10.6 Å². The molecule has 2 amide bonds. The number of hydrogen-bond donors (Lipinski definition) is 2. The molecule has 6 heteroatoms. The fourth-order valence-corrected chi connectivity index (χ4v) is 3.88. The number of thioether (sulfide) groups is 1. The SMILES string of the molecule is O=C(C[C@@H]1SC(=NC2CCCC2)NC1=O)NCc1ccccc1. The summed E-state index contributed by atoms with van der Waals surface area (Å²) in [7, 11) is 0. The number of carbonyl (C=O) groups is 2. The Bertz CT molecular complexity index is 597. The zero-order chi connectivity index (χ0) is 16.1. The Labute approximate surface area is 140 Å². The fraction of sp³-hybridized carbons (Fsp3) is 0.471. The van der Waals surface area contributed by atoms with Gasteiger partial charge in [-0.25, -0.2) is 0 Å². The zero-order valence-electron chi connectivity index (χ0n) is 13.0. The van der Waals surface area contributed by atoms with E-state index in [1.807, 2.05) is 30.3 Å². The molecular formula is C17H21N3O2S. The van der Waals surface area contributed by atoms with Crippen molar-refractivity contribution in [3.05, 3.63) is 35.9 Å². The van der Waals surface area contributed by atoms with Crippen molar-refractivity contribution in [2.45, 2.75) is 49.9 Å². The molecule has 1 saturated heterocycles. The summed E-state index contributed by atoms with van der Waals surface area (Å²) in [5, 5.41) is 5.98. The Morgan fingerprint density at radius 3 is 2.74 bits per heavy atom. The van der Waals surface area contributed by atoms with E-state index in [9.17, 15) is 9.59 Å². The van der Waals surface area contributed by atoms with Crippen LogP contribution in [0.3, 0.4) is 0 Å². The van der Waals surface area contributed by atoms with Crippen molar-refractivity contribution >= 4 is 28.7 Å². The van der Waals surface area contributed by atoms with Gasteiger partial charge in [0, 0.05) is 13.0 Å². The molecule has 5 nitrogen and oxygen atoms in total. The molecule has 2 N–H and O–H groups in total. The summed E-state index contributed by atoms with van der Waals surface area (Å²) in [6, 6.07) is 10.1. The first-order valence-corrected chi connectivity index (χ1v) is 8.94. The summed E-state index contributed by atoms with van der Waals surface area (Å²) >= 11 is 1.38. The summed E-state index contributed by atoms with van der Waals surface area (Å²) in [4.78, 5) is 28.6. The molecule has 0 unspecified atom stereocenters. The van der Waals surface area contributed by atoms with E-state index in [-0.39, 0.29) is 23.5 Å². The number of carbonyl (C=O) groups excluding carboxylic acids is 2. The second-order valence-electron chi connectivity index (χ2n) is 5.93. The number of nitrogens with one attached hydrogen (secondary N) is 2. The topological polar surface area (TPSA) is 70.6 Å². The molecule has 1 heterocycles. The third-order valence-corrected chi connectivity index (χ3v) is 5.20. The van der Waals surface area contributed by atoms with Gasteiger partial charge < -0.3 is 10.6 Å². The van der Waals surface area contributed by atoms with Crippen LogP contribution in [0.15, 0.2) is 35.3 Å². The lowest BCUT2D eigenvalue weighted by Gasteiger charge is -2.07. The van der Waals surface area contributed by atoms with Gasteiger partial charge in [0.05, 0.1) is 6.04 Å². The van der Waals surface area contributed by atoms with Crippen molar-refractivity contribution in [1.29, 1.82) is 0 Å². The first-order valence-electron chi connectivity index (χ1n) is 8.06. The van der Waals surface area contributed by atoms with E-state index >= 15 is 0 Å². The zero-order valence-corrected chi connectivity index (χ0v) is 13.8. The Morgan fingerprint density at radius 1 is 1.26 bits per heavy atom. The highest BCUT2D eigenvalue weighted by Gasteiger charge is 2.32. The highest BCUT2D eigenvalue weighted by Crippen LogP contribution is 2.26. The van der Waals surface area contributed by atoms with E-state index in [0.29, 0.717) is 17.8 Å². The van der Waals surface area contributed by atoms with E-state index in [1.165, 1.54) is 24.6 Å². The lowest BCUT2D eigenvalue weighted by molar-refractivity contribution is -0.125. The van der Waals surface area contributed by atoms with Gasteiger partial charge in [-0.1, -0.05) is 54.9 Å². The minimum atomic E-state index is -0.370. The molecule has 2 fully saturated rings. The van der Waals surface area contributed by atoms with Gasteiger partial charge in [0.25, 0.3) is 0 Å². The maximum absolute atomic E-state index is 12.0. The van der Waals surface area contributed by atoms with Crippen molar-refractivity contribution in [3.63, 3.8) is 0 Å². The van der Waals surface area contributed by atoms with Crippen LogP contribution in [0, 0.1) is 0 Å². The molecule has 1 atom stereocenters. The average Bonchev–Trinajstić information content (AvgIpc) is 3.17. The smallest absolute Gasteiger partial charge is 0.240 e. The van der Waals surface area contributed by atoms with Crippen LogP contribution in [0.5, 0.6) is 0 Å². The molecule has 2 aliphatic rings. The minimum absolute atomic E-state index is 0.108. The molecule has 1 aliphatic carbocycles. The van der Waals surface area contributed by atoms with E-state index in [4.69, 9.17) is 0 Å². The van der Waals surface area contributed by atoms with Crippen LogP contribution in [0.25, 0.3) is 0 Å². The summed E-state index contributed by atoms with van der Waals surface area (Å²) in [5.74, 6) is -0.217. The number of nitrogens with zero attached hydrogens (tertiary/aromatic N) is 1. The van der Waals surface area contributed by atoms with E-state index in [0.717, 1.165) is 18.4 Å². The van der Waals surface area contributed by atoms with Crippen molar-refractivity contribution < 1.29 is 9.59 Å². The van der Waals surface area contributed by atoms with Crippen LogP contribution in [-0.4, -0.2) is 28.3 Å². The van der Waals surface area contributed by atoms with Crippen molar-refractivity contribution in [3.8, 4) is 0 Å². The molecule has 1 aliphatic heterocycles. The maximum atomic E-state index is 12.0. The largest absolute Gasteiger partial charge is 0.352 e. The number of hydrogen-bond acceptors (Lipinski definition) is 4. The summed E-state index contributed by atoms with van der Waals surface area (Å²) in [5.41, 5.74) is 1.05. The Morgan fingerprint density at radius 2 is 2.00 bits per heavy atom. The predicted octanol–water partition coefficient (Wildman–Crippen LogP) is 2.22. The van der Waals surface area contributed by atoms with Crippen LogP contribution in [-0.2, 0) is 16.1 Å². The quantitative estimate of drug-likeness (QED) is 0.869. The van der Waals surface area contributed by atoms with Gasteiger partial charge in [0.15, 0.2) is 5.17 Å². The van der Waals surface area contributed by atoms with Gasteiger partial charge in [0.1, 0.15) is 5.25 Å². The Kier molecular flexibility index (Phi) is 5.33. The van der Waals surface area contributed by atoms with Crippen molar-refractivity contribution in [2.75, 3.05) is 0 Å². The highest BCUT2D eigenvalue weighted by atomic mass is 32.2. The molecular weight excluding hydrogens is 310 g/mol. The van der Waals surface area contributed by atoms with Gasteiger partial charge in [-0.15, -0.1) is 0 Å². The van der Waals surface area contributed by atoms with Crippen molar-refractivity contribution in [1.82, 2.24) is 10.6 Å². The van der Waals surface area contributed by atoms with Crippen LogP contribution in [0.1, 0.15) is 37.7 Å². The third kappa shape index (κ3) is 4.58. The lowest BCUT2D eigenvalue weighted by Crippen LogP contribution is -2.31. The molecule has 0 bridgehead atoms. The second kappa shape index (κ2) is 7.64. The first-order chi connectivity index (χ1) is 11.2. The lowest BCUT2D eigenvalue weighted by atomic mass is 10.2. The number of amides is 2. The molecule has 122 valence electrons. The Hall–Kier alpha value is -1.82. The predicted molar refractivity (Wildman–Crippen MR) is 92.1 cm³/mol. The highest BCUT2D eigenvalue weighted by molar-refractivity contribution is 8.15. The van der Waals surface area contributed by atoms with Crippen LogP contribution >= 0.6 is 11.8 Å². The Balaban J connectivity index is 1.47. The molecule has 0 radical (unpaired) electrons. The molecule has 1 saturated carbocycles. The number of rotatable bonds is 5. The van der Waals surface area contributed by atoms with E-state index in [2.05, 4.69) is 15.6 Å². The van der Waals surface area contributed by atoms with Gasteiger partial charge in [-0.2, -0.15) is 0 Å². The maximum Gasteiger partial charge on any atom is 0.240 e. The standard InChI is InChI=1S/C17H21N3O2S/c21-15(18-11-12-6-2-1-3-7-12)10-14-16(22)20-17(23-14)19-13-8-4-5-9-13/h1-3,6-7,13-14H,4-5,8-11H2,(H,18,21)(H,19,20,22)/t14-/m0/s1. The number of amidine groups is 1. The second-order valence-corrected chi connectivity index (χ2v) is 7.13. The average molecular weight is 331 g/mol. The molecule has 0 spiro atoms. The van der Waals surface area contributed by atoms with E-state index in [1.54, 1.807) is 0 Å². The van der Waals surface area contributed by atoms with E-state index < -0.39 is 0 Å². The number of aliphatic imine (C=N–C) groups is 1. The first kappa shape index (κ1) is 16.1. The van der Waals surface area contributed by atoms with Gasteiger partial charge >= 0.3 is 0 Å². The monoisotopic (exact) mass is 331 g/mol. The molecule has 23 heavy (non-hydrogen) atoms. The number of benzene rings is 1. The van der Waals surface area contributed by atoms with Crippen LogP contribution in [0.4, 0.5) is 0 Å². The molecule has 3 rings (SSSR count). The molecule has 0 aromatic heterocycles. The minimum Gasteiger partial charge on any atom is -0.352 e. The normalized spacial score (nSPS) is 23.2. The third-order valence-electron chi connectivity index (χ3n) is 4.10. The van der Waals surface area contributed by atoms with Gasteiger partial charge in [0.2, 0.25) is 11.8 Å². The summed E-state index contributed by atoms with van der Waals surface area (Å²) < 4.78 is 0.